The summed E-state index contributed by atoms with van der Waals surface area (Å²) in [5.41, 5.74) is 4.61. The summed E-state index contributed by atoms with van der Waals surface area (Å²) in [6.45, 7) is 6.77. The van der Waals surface area contributed by atoms with E-state index in [-0.39, 0.29) is 5.97 Å². The van der Waals surface area contributed by atoms with Crippen molar-refractivity contribution in [2.45, 2.75) is 33.7 Å². The normalized spacial score (nSPS) is 10.6. The van der Waals surface area contributed by atoms with E-state index >= 15 is 0 Å². The third kappa shape index (κ3) is 5.21. The van der Waals surface area contributed by atoms with Gasteiger partial charge in [-0.1, -0.05) is 19.1 Å². The van der Waals surface area contributed by atoms with Gasteiger partial charge in [0.1, 0.15) is 5.00 Å². The number of anilines is 2. The molecular formula is C21H24N4O2S2. The molecule has 2 aromatic heterocycles. The molecule has 0 aliphatic carbocycles. The fourth-order valence-corrected chi connectivity index (χ4v) is 4.26. The van der Waals surface area contributed by atoms with Crippen LogP contribution in [-0.2, 0) is 17.7 Å². The van der Waals surface area contributed by atoms with Crippen molar-refractivity contribution in [3.63, 3.8) is 0 Å². The molecule has 0 fully saturated rings. The van der Waals surface area contributed by atoms with E-state index < -0.39 is 0 Å². The minimum Gasteiger partial charge on any atom is -0.465 e. The van der Waals surface area contributed by atoms with Gasteiger partial charge >= 0.3 is 5.97 Å². The molecule has 2 heterocycles. The largest absolute Gasteiger partial charge is 0.465 e. The average molecular weight is 429 g/mol. The fourth-order valence-electron chi connectivity index (χ4n) is 2.99. The van der Waals surface area contributed by atoms with Crippen LogP contribution in [0.1, 0.15) is 39.1 Å². The lowest BCUT2D eigenvalue weighted by Crippen LogP contribution is -2.20. The Morgan fingerprint density at radius 2 is 2.03 bits per heavy atom. The lowest BCUT2D eigenvalue weighted by atomic mass is 10.2. The number of carbonyl (C=O) groups excluding carboxylic acids is 1. The zero-order valence-electron chi connectivity index (χ0n) is 16.9. The zero-order chi connectivity index (χ0) is 21.0. The summed E-state index contributed by atoms with van der Waals surface area (Å²) in [6, 6.07) is 11.9. The van der Waals surface area contributed by atoms with Crippen molar-refractivity contribution in [3.05, 3.63) is 63.8 Å². The summed E-state index contributed by atoms with van der Waals surface area (Å²) < 4.78 is 6.85. The average Bonchev–Trinajstić information content (AvgIpc) is 3.23. The van der Waals surface area contributed by atoms with Crippen LogP contribution in [0.25, 0.3) is 0 Å². The van der Waals surface area contributed by atoms with E-state index in [9.17, 15) is 4.79 Å². The number of nitrogens with one attached hydrogen (secondary N) is 2. The summed E-state index contributed by atoms with van der Waals surface area (Å²) in [5, 5.41) is 11.9. The van der Waals surface area contributed by atoms with Crippen LogP contribution in [0.4, 0.5) is 10.7 Å². The predicted molar refractivity (Wildman–Crippen MR) is 122 cm³/mol. The molecule has 2 N–H and O–H groups in total. The van der Waals surface area contributed by atoms with Gasteiger partial charge in [-0.05, 0) is 62.3 Å². The van der Waals surface area contributed by atoms with Gasteiger partial charge in [-0.2, -0.15) is 5.10 Å². The van der Waals surface area contributed by atoms with E-state index in [1.165, 1.54) is 18.4 Å². The summed E-state index contributed by atoms with van der Waals surface area (Å²) >= 11 is 6.96. The number of thiocarbonyl (C=S) groups is 1. The number of esters is 1. The molecule has 8 heteroatoms. The van der Waals surface area contributed by atoms with Crippen LogP contribution >= 0.6 is 23.6 Å². The Bertz CT molecular complexity index is 1040. The molecule has 3 aromatic rings. The SMILES string of the molecule is CCc1cc(C(=O)OC)c(NC(=S)Nc2cccc(Cn3nc(C)cc3C)c2)s1. The molecule has 1 aromatic carbocycles. The molecule has 0 unspecified atom stereocenters. The zero-order valence-corrected chi connectivity index (χ0v) is 18.5. The number of nitrogens with zero attached hydrogens (tertiary/aromatic N) is 2. The number of carbonyl (C=O) groups is 1. The smallest absolute Gasteiger partial charge is 0.340 e. The quantitative estimate of drug-likeness (QED) is 0.436. The molecule has 0 bridgehead atoms. The summed E-state index contributed by atoms with van der Waals surface area (Å²) in [7, 11) is 1.38. The number of aryl methyl sites for hydroxylation is 3. The molecular weight excluding hydrogens is 404 g/mol. The van der Waals surface area contributed by atoms with Crippen LogP contribution in [0.5, 0.6) is 0 Å². The van der Waals surface area contributed by atoms with Crippen LogP contribution < -0.4 is 10.6 Å². The second kappa shape index (κ2) is 9.19. The Morgan fingerprint density at radius 3 is 2.69 bits per heavy atom. The molecule has 0 amide bonds. The molecule has 3 rings (SSSR count). The van der Waals surface area contributed by atoms with Crippen LogP contribution in [0.15, 0.2) is 36.4 Å². The molecule has 0 atom stereocenters. The number of rotatable bonds is 6. The summed E-state index contributed by atoms with van der Waals surface area (Å²) in [6.07, 6.45) is 0.838. The van der Waals surface area contributed by atoms with Gasteiger partial charge < -0.3 is 15.4 Å². The van der Waals surface area contributed by atoms with E-state index in [2.05, 4.69) is 27.9 Å². The van der Waals surface area contributed by atoms with Crippen molar-refractivity contribution >= 4 is 45.3 Å². The lowest BCUT2D eigenvalue weighted by Gasteiger charge is -2.12. The maximum absolute atomic E-state index is 12.0. The molecule has 0 radical (unpaired) electrons. The Balaban J connectivity index is 1.71. The van der Waals surface area contributed by atoms with Crippen LogP contribution in [0.3, 0.4) is 0 Å². The highest BCUT2D eigenvalue weighted by Crippen LogP contribution is 2.29. The second-order valence-electron chi connectivity index (χ2n) is 6.66. The first kappa shape index (κ1) is 21.0. The molecule has 0 aliphatic heterocycles. The number of ether oxygens (including phenoxy) is 1. The Kier molecular flexibility index (Phi) is 6.66. The number of hydrogen-bond donors (Lipinski definition) is 2. The number of thiophene rings is 1. The third-order valence-electron chi connectivity index (χ3n) is 4.38. The Morgan fingerprint density at radius 1 is 1.24 bits per heavy atom. The first-order chi connectivity index (χ1) is 13.9. The van der Waals surface area contributed by atoms with Crippen molar-refractivity contribution in [2.24, 2.45) is 0 Å². The number of aromatic nitrogens is 2. The first-order valence-electron chi connectivity index (χ1n) is 9.28. The van der Waals surface area contributed by atoms with E-state index in [1.54, 1.807) is 0 Å². The highest BCUT2D eigenvalue weighted by molar-refractivity contribution is 7.80. The van der Waals surface area contributed by atoms with Crippen LogP contribution in [-0.4, -0.2) is 28.0 Å². The molecule has 0 saturated carbocycles. The van der Waals surface area contributed by atoms with Crippen molar-refractivity contribution in [1.29, 1.82) is 0 Å². The minimum atomic E-state index is -0.377. The van der Waals surface area contributed by atoms with E-state index in [4.69, 9.17) is 17.0 Å². The molecule has 152 valence electrons. The Labute approximate surface area is 179 Å². The number of hydrogen-bond acceptors (Lipinski definition) is 5. The van der Waals surface area contributed by atoms with Gasteiger partial charge in [-0.3, -0.25) is 4.68 Å². The minimum absolute atomic E-state index is 0.377. The van der Waals surface area contributed by atoms with Gasteiger partial charge in [0.05, 0.1) is 24.9 Å². The molecule has 0 aliphatic rings. The topological polar surface area (TPSA) is 68.2 Å². The van der Waals surface area contributed by atoms with Gasteiger partial charge in [-0.15, -0.1) is 11.3 Å². The molecule has 6 nitrogen and oxygen atoms in total. The molecule has 29 heavy (non-hydrogen) atoms. The van der Waals surface area contributed by atoms with Crippen LogP contribution in [0, 0.1) is 13.8 Å². The highest BCUT2D eigenvalue weighted by atomic mass is 32.1. The van der Waals surface area contributed by atoms with Gasteiger partial charge in [-0.25, -0.2) is 4.79 Å². The standard InChI is InChI=1S/C21H24N4O2S2/c1-5-17-11-18(20(26)27-4)19(29-17)23-21(28)22-16-8-6-7-15(10-16)12-25-14(3)9-13(2)24-25/h6-11H,5,12H2,1-4H3,(H2,22,23,28). The van der Waals surface area contributed by atoms with Gasteiger partial charge in [0, 0.05) is 16.3 Å². The van der Waals surface area contributed by atoms with Crippen LogP contribution in [0.2, 0.25) is 0 Å². The number of methoxy groups -OCH3 is 1. The van der Waals surface area contributed by atoms with E-state index in [1.807, 2.05) is 49.7 Å². The van der Waals surface area contributed by atoms with Crippen molar-refractivity contribution < 1.29 is 9.53 Å². The molecule has 0 spiro atoms. The van der Waals surface area contributed by atoms with Crippen molar-refractivity contribution in [1.82, 2.24) is 9.78 Å². The summed E-state index contributed by atoms with van der Waals surface area (Å²) in [4.78, 5) is 13.1. The third-order valence-corrected chi connectivity index (χ3v) is 5.78. The fraction of sp³-hybridized carbons (Fsp3) is 0.286. The highest BCUT2D eigenvalue weighted by Gasteiger charge is 2.17. The van der Waals surface area contributed by atoms with Crippen molar-refractivity contribution in [2.75, 3.05) is 17.7 Å². The lowest BCUT2D eigenvalue weighted by molar-refractivity contribution is 0.0602. The monoisotopic (exact) mass is 428 g/mol. The first-order valence-corrected chi connectivity index (χ1v) is 10.5. The van der Waals surface area contributed by atoms with Gasteiger partial charge in [0.2, 0.25) is 0 Å². The Hall–Kier alpha value is -2.71. The summed E-state index contributed by atoms with van der Waals surface area (Å²) in [5.74, 6) is -0.377. The number of benzene rings is 1. The molecule has 0 saturated heterocycles. The second-order valence-corrected chi connectivity index (χ2v) is 8.21. The maximum atomic E-state index is 12.0. The maximum Gasteiger partial charge on any atom is 0.340 e. The van der Waals surface area contributed by atoms with Crippen molar-refractivity contribution in [3.8, 4) is 0 Å². The predicted octanol–water partition coefficient (Wildman–Crippen LogP) is 4.77. The van der Waals surface area contributed by atoms with E-state index in [0.717, 1.165) is 33.9 Å². The van der Waals surface area contributed by atoms with Gasteiger partial charge in [0.15, 0.2) is 5.11 Å². The van der Waals surface area contributed by atoms with Gasteiger partial charge in [0.25, 0.3) is 0 Å². The van der Waals surface area contributed by atoms with E-state index in [0.29, 0.717) is 22.2 Å².